The Bertz CT molecular complexity index is 3550. The van der Waals surface area contributed by atoms with Crippen molar-refractivity contribution in [1.82, 2.24) is 0 Å². The maximum atomic E-state index is 6.12. The Hall–Kier alpha value is -6.80. The molecule has 4 nitrogen and oxygen atoms in total. The SMILES string of the molecule is Cc1cc2c3c(c1)N(c1cccc(-c4coc5ccccc45)c1)c1sc4ccc(C(C)(C)C)cc4c1B3c1c(sc3ccc(C(C)(C)C)cc13)N2c1cccc(-c2coc3ccccc23)c1. The van der Waals surface area contributed by atoms with Crippen LogP contribution in [-0.4, -0.2) is 6.71 Å². The lowest BCUT2D eigenvalue weighted by Gasteiger charge is -2.42. The van der Waals surface area contributed by atoms with Crippen LogP contribution < -0.4 is 26.2 Å². The molecular formula is C59H47BN2O2S2. The molecule has 4 aromatic heterocycles. The van der Waals surface area contributed by atoms with Crippen molar-refractivity contribution in [1.29, 1.82) is 0 Å². The van der Waals surface area contributed by atoms with Crippen molar-refractivity contribution in [3.05, 3.63) is 175 Å². The minimum atomic E-state index is -0.0181. The van der Waals surface area contributed by atoms with Crippen molar-refractivity contribution in [3.8, 4) is 22.3 Å². The molecule has 0 spiro atoms. The van der Waals surface area contributed by atoms with E-state index in [-0.39, 0.29) is 17.5 Å². The second-order valence-electron chi connectivity index (χ2n) is 20.3. The summed E-state index contributed by atoms with van der Waals surface area (Å²) in [5.41, 5.74) is 18.9. The first-order valence-corrected chi connectivity index (χ1v) is 24.5. The highest BCUT2D eigenvalue weighted by atomic mass is 32.1. The van der Waals surface area contributed by atoms with E-state index in [0.29, 0.717) is 0 Å². The van der Waals surface area contributed by atoms with Crippen molar-refractivity contribution < 1.29 is 8.83 Å². The summed E-state index contributed by atoms with van der Waals surface area (Å²) in [6, 6.07) is 54.2. The van der Waals surface area contributed by atoms with E-state index in [4.69, 9.17) is 8.83 Å². The highest BCUT2D eigenvalue weighted by molar-refractivity contribution is 7.29. The molecule has 7 heteroatoms. The summed E-state index contributed by atoms with van der Waals surface area (Å²) in [5.74, 6) is 0. The van der Waals surface area contributed by atoms with E-state index < -0.39 is 0 Å². The van der Waals surface area contributed by atoms with Gasteiger partial charge in [0.05, 0.1) is 22.5 Å². The fourth-order valence-electron chi connectivity index (χ4n) is 10.6. The van der Waals surface area contributed by atoms with Gasteiger partial charge in [-0.25, -0.2) is 0 Å². The number of hydrogen-bond acceptors (Lipinski definition) is 6. The largest absolute Gasteiger partial charge is 0.464 e. The topological polar surface area (TPSA) is 32.8 Å². The zero-order valence-electron chi connectivity index (χ0n) is 38.1. The van der Waals surface area contributed by atoms with Crippen LogP contribution in [0.1, 0.15) is 58.2 Å². The number of rotatable bonds is 4. The van der Waals surface area contributed by atoms with Gasteiger partial charge in [-0.3, -0.25) is 0 Å². The number of benzene rings is 7. The van der Waals surface area contributed by atoms with E-state index in [2.05, 4.69) is 180 Å². The Labute approximate surface area is 393 Å². The summed E-state index contributed by atoms with van der Waals surface area (Å²) in [6.07, 6.45) is 3.83. The van der Waals surface area contributed by atoms with Crippen LogP contribution in [0.4, 0.5) is 32.8 Å². The molecule has 0 saturated carbocycles. The number of thiophene rings is 2. The number of fused-ring (bicyclic) bond motifs is 10. The molecule has 0 aliphatic carbocycles. The lowest BCUT2D eigenvalue weighted by Crippen LogP contribution is -2.60. The molecule has 2 aliphatic rings. The van der Waals surface area contributed by atoms with Crippen LogP contribution in [-0.2, 0) is 10.8 Å². The van der Waals surface area contributed by atoms with Crippen LogP contribution in [0, 0.1) is 6.92 Å². The molecule has 66 heavy (non-hydrogen) atoms. The zero-order chi connectivity index (χ0) is 44.8. The van der Waals surface area contributed by atoms with E-state index >= 15 is 0 Å². The molecule has 0 N–H and O–H groups in total. The lowest BCUT2D eigenvalue weighted by atomic mass is 9.33. The molecule has 320 valence electrons. The molecule has 0 fully saturated rings. The van der Waals surface area contributed by atoms with Crippen molar-refractivity contribution >= 4 is 121 Å². The van der Waals surface area contributed by atoms with Crippen molar-refractivity contribution in [2.45, 2.75) is 59.3 Å². The minimum Gasteiger partial charge on any atom is -0.464 e. The van der Waals surface area contributed by atoms with Crippen molar-refractivity contribution in [2.75, 3.05) is 9.80 Å². The number of para-hydroxylation sites is 2. The van der Waals surface area contributed by atoms with E-state index in [0.717, 1.165) is 55.6 Å². The third-order valence-corrected chi connectivity index (χ3v) is 16.3. The lowest BCUT2D eigenvalue weighted by molar-refractivity contribution is 0.591. The van der Waals surface area contributed by atoms with Gasteiger partial charge < -0.3 is 18.6 Å². The van der Waals surface area contributed by atoms with Gasteiger partial charge in [0.25, 0.3) is 6.71 Å². The first kappa shape index (κ1) is 39.6. The van der Waals surface area contributed by atoms with E-state index in [1.54, 1.807) is 0 Å². The summed E-state index contributed by atoms with van der Waals surface area (Å²) in [4.78, 5) is 5.16. The van der Waals surface area contributed by atoms with Gasteiger partial charge in [0.1, 0.15) is 11.2 Å². The van der Waals surface area contributed by atoms with Gasteiger partial charge in [-0.15, -0.1) is 22.7 Å². The molecular weight excluding hydrogens is 844 g/mol. The van der Waals surface area contributed by atoms with E-state index in [9.17, 15) is 0 Å². The van der Waals surface area contributed by atoms with Gasteiger partial charge in [0.2, 0.25) is 0 Å². The maximum Gasteiger partial charge on any atom is 0.256 e. The standard InChI is InChI=1S/C59H47BN2O2S2/c1-34-26-47-55-48(27-34)62(40-17-13-15-36(29-40)46-33-64-50-21-11-9-19-42(46)50)57-54(44-31-38(59(5,6)7)23-25-52(44)66-57)60(55)53-43-30-37(58(2,3)4)22-24-51(43)65-56(53)61(47)39-16-12-14-35(28-39)45-32-63-49-20-10-8-18-41(45)49/h8-33H,1-7H3. The molecule has 0 radical (unpaired) electrons. The molecule has 6 heterocycles. The van der Waals surface area contributed by atoms with Gasteiger partial charge in [0.15, 0.2) is 0 Å². The Balaban J connectivity index is 1.13. The van der Waals surface area contributed by atoms with Crippen LogP contribution in [0.15, 0.2) is 167 Å². The van der Waals surface area contributed by atoms with Crippen LogP contribution in [0.2, 0.25) is 0 Å². The predicted molar refractivity (Wildman–Crippen MR) is 284 cm³/mol. The first-order chi connectivity index (χ1) is 31.9. The summed E-state index contributed by atoms with van der Waals surface area (Å²) in [6.45, 7) is 16.2. The number of aryl methyl sites for hydroxylation is 1. The normalized spacial score (nSPS) is 13.6. The van der Waals surface area contributed by atoms with Gasteiger partial charge in [0, 0.05) is 54.0 Å². The molecule has 7 aromatic carbocycles. The van der Waals surface area contributed by atoms with Gasteiger partial charge >= 0.3 is 0 Å². The number of furan rings is 2. The van der Waals surface area contributed by atoms with E-state index in [1.165, 1.54) is 74.6 Å². The van der Waals surface area contributed by atoms with Crippen LogP contribution in [0.5, 0.6) is 0 Å². The summed E-state index contributed by atoms with van der Waals surface area (Å²) < 4.78 is 14.9. The summed E-state index contributed by atoms with van der Waals surface area (Å²) in [5, 5.41) is 7.47. The average molecular weight is 891 g/mol. The van der Waals surface area contributed by atoms with Crippen LogP contribution in [0.3, 0.4) is 0 Å². The molecule has 11 aromatic rings. The first-order valence-electron chi connectivity index (χ1n) is 22.9. The number of nitrogens with zero attached hydrogens (tertiary/aromatic N) is 2. The Morgan fingerprint density at radius 1 is 0.455 bits per heavy atom. The Morgan fingerprint density at radius 3 is 1.36 bits per heavy atom. The van der Waals surface area contributed by atoms with Gasteiger partial charge in [-0.1, -0.05) is 126 Å². The van der Waals surface area contributed by atoms with Gasteiger partial charge in [-0.2, -0.15) is 0 Å². The number of anilines is 6. The summed E-state index contributed by atoms with van der Waals surface area (Å²) >= 11 is 3.85. The second-order valence-corrected chi connectivity index (χ2v) is 22.3. The molecule has 0 amide bonds. The molecule has 13 rings (SSSR count). The van der Waals surface area contributed by atoms with Gasteiger partial charge in [-0.05, 0) is 133 Å². The zero-order valence-corrected chi connectivity index (χ0v) is 39.7. The fourth-order valence-corrected chi connectivity index (χ4v) is 13.2. The highest BCUT2D eigenvalue weighted by Crippen LogP contribution is 2.52. The highest BCUT2D eigenvalue weighted by Gasteiger charge is 2.47. The van der Waals surface area contributed by atoms with Crippen molar-refractivity contribution in [2.24, 2.45) is 0 Å². The maximum absolute atomic E-state index is 6.12. The fraction of sp³-hybridized carbons (Fsp3) is 0.153. The second kappa shape index (κ2) is 14.1. The number of hydrogen-bond donors (Lipinski definition) is 0. The minimum absolute atomic E-state index is 0.0111. The molecule has 0 bridgehead atoms. The monoisotopic (exact) mass is 890 g/mol. The van der Waals surface area contributed by atoms with Crippen LogP contribution in [0.25, 0.3) is 64.4 Å². The predicted octanol–water partition coefficient (Wildman–Crippen LogP) is 15.9. The third kappa shape index (κ3) is 5.89. The smallest absolute Gasteiger partial charge is 0.256 e. The molecule has 2 aliphatic heterocycles. The molecule has 0 unspecified atom stereocenters. The Kier molecular flexibility index (Phi) is 8.45. The summed E-state index contributed by atoms with van der Waals surface area (Å²) in [7, 11) is 0. The average Bonchev–Trinajstić information content (AvgIpc) is 4.11. The Morgan fingerprint density at radius 2 is 0.909 bits per heavy atom. The molecule has 0 saturated heterocycles. The quantitative estimate of drug-likeness (QED) is 0.165. The third-order valence-electron chi connectivity index (χ3n) is 14.0. The van der Waals surface area contributed by atoms with Crippen molar-refractivity contribution in [3.63, 3.8) is 0 Å². The van der Waals surface area contributed by atoms with Crippen LogP contribution >= 0.6 is 22.7 Å². The molecule has 0 atom stereocenters. The van der Waals surface area contributed by atoms with E-state index in [1.807, 2.05) is 59.5 Å².